The first-order valence-electron chi connectivity index (χ1n) is 13.3. The van der Waals surface area contributed by atoms with Crippen molar-refractivity contribution in [1.29, 1.82) is 0 Å². The highest BCUT2D eigenvalue weighted by molar-refractivity contribution is 5.96. The maximum Gasteiger partial charge on any atom is 0.217 e. The lowest BCUT2D eigenvalue weighted by Gasteiger charge is -2.35. The number of nitrogen functional groups attached to an aromatic ring is 1. The van der Waals surface area contributed by atoms with E-state index < -0.39 is 11.9 Å². The van der Waals surface area contributed by atoms with Crippen LogP contribution in [0.1, 0.15) is 33.6 Å². The van der Waals surface area contributed by atoms with Crippen LogP contribution in [0.3, 0.4) is 0 Å². The monoisotopic (exact) mass is 552 g/mol. The Bertz CT molecular complexity index is 1550. The fourth-order valence-corrected chi connectivity index (χ4v) is 4.46. The van der Waals surface area contributed by atoms with Crippen LogP contribution < -0.4 is 5.73 Å². The summed E-state index contributed by atoms with van der Waals surface area (Å²) in [6.45, 7) is 0.254. The topological polar surface area (TPSA) is 121 Å². The maximum atomic E-state index is 13.7. The molecule has 0 aliphatic rings. The van der Waals surface area contributed by atoms with Crippen LogP contribution in [-0.2, 0) is 34.0 Å². The van der Waals surface area contributed by atoms with Gasteiger partial charge in [-0.2, -0.15) is 5.10 Å². The Kier molecular flexibility index (Phi) is 9.12. The lowest BCUT2D eigenvalue weighted by atomic mass is 10.0. The van der Waals surface area contributed by atoms with E-state index in [1.807, 2.05) is 91.0 Å². The number of aliphatic hydroxyl groups is 1. The Morgan fingerprint density at radius 1 is 0.829 bits per heavy atom. The molecule has 2 atom stereocenters. The van der Waals surface area contributed by atoms with Crippen molar-refractivity contribution in [3.05, 3.63) is 132 Å². The van der Waals surface area contributed by atoms with Gasteiger partial charge in [-0.05, 0) is 28.8 Å². The summed E-state index contributed by atoms with van der Waals surface area (Å²) in [5, 5.41) is 16.2. The molecule has 41 heavy (non-hydrogen) atoms. The van der Waals surface area contributed by atoms with Crippen LogP contribution in [0.5, 0.6) is 0 Å². The maximum absolute atomic E-state index is 13.7. The van der Waals surface area contributed by atoms with Gasteiger partial charge in [-0.15, -0.1) is 0 Å². The summed E-state index contributed by atoms with van der Waals surface area (Å²) in [5.41, 5.74) is 9.44. The van der Waals surface area contributed by atoms with E-state index in [0.29, 0.717) is 5.52 Å². The van der Waals surface area contributed by atoms with Gasteiger partial charge in [0, 0.05) is 6.42 Å². The number of carbonyl (C=O) groups is 1. The number of nitrogens with two attached hydrogens (primary N) is 1. The summed E-state index contributed by atoms with van der Waals surface area (Å²) in [4.78, 5) is 17.6. The molecule has 0 fully saturated rings. The van der Waals surface area contributed by atoms with Crippen molar-refractivity contribution in [2.75, 3.05) is 12.3 Å². The Labute approximate surface area is 238 Å². The van der Waals surface area contributed by atoms with Crippen LogP contribution in [0.15, 0.2) is 109 Å². The minimum atomic E-state index is -1.96. The van der Waals surface area contributed by atoms with E-state index in [0.717, 1.165) is 16.7 Å². The molecule has 0 bridgehead atoms. The number of fused-ring (bicyclic) bond motifs is 1. The second-order valence-corrected chi connectivity index (χ2v) is 9.67. The Morgan fingerprint density at radius 2 is 1.41 bits per heavy atom. The van der Waals surface area contributed by atoms with Crippen molar-refractivity contribution in [2.45, 2.75) is 38.1 Å². The van der Waals surface area contributed by atoms with Gasteiger partial charge >= 0.3 is 0 Å². The second-order valence-electron chi connectivity index (χ2n) is 9.67. The number of anilines is 1. The van der Waals surface area contributed by atoms with Crippen molar-refractivity contribution in [1.82, 2.24) is 14.6 Å². The van der Waals surface area contributed by atoms with Crippen LogP contribution in [0.25, 0.3) is 5.52 Å². The fourth-order valence-electron chi connectivity index (χ4n) is 4.46. The van der Waals surface area contributed by atoms with E-state index in [4.69, 9.17) is 19.9 Å². The molecular formula is C32H32N4O5. The first-order chi connectivity index (χ1) is 20.0. The van der Waals surface area contributed by atoms with Gasteiger partial charge in [0.05, 0.1) is 19.8 Å². The Hall–Kier alpha value is -4.41. The molecule has 9 heteroatoms. The zero-order chi connectivity index (χ0) is 28.5. The minimum Gasteiger partial charge on any atom is -0.382 e. The number of Topliss-reactive ketones (excluding diaryl/α,β-unsaturated/α-hetero) is 1. The SMILES string of the molecule is Nc1ncnn2c(C(=O)C[C@H](OCc3ccccc3)[C@](O)(COCc3ccccc3)OCc3ccccc3)ccc12. The van der Waals surface area contributed by atoms with Crippen LogP contribution in [-0.4, -0.2) is 44.0 Å². The van der Waals surface area contributed by atoms with E-state index >= 15 is 0 Å². The lowest BCUT2D eigenvalue weighted by molar-refractivity contribution is -0.295. The predicted octanol–water partition coefficient (Wildman–Crippen LogP) is 4.59. The smallest absolute Gasteiger partial charge is 0.217 e. The molecule has 0 aliphatic heterocycles. The third kappa shape index (κ3) is 7.22. The summed E-state index contributed by atoms with van der Waals surface area (Å²) in [6.07, 6.45) is 0.00152. The van der Waals surface area contributed by atoms with E-state index in [-0.39, 0.29) is 50.1 Å². The largest absolute Gasteiger partial charge is 0.382 e. The second kappa shape index (κ2) is 13.3. The highest BCUT2D eigenvalue weighted by Crippen LogP contribution is 2.26. The molecule has 2 aromatic heterocycles. The first kappa shape index (κ1) is 28.1. The molecule has 0 spiro atoms. The molecule has 210 valence electrons. The predicted molar refractivity (Wildman–Crippen MR) is 154 cm³/mol. The molecule has 0 unspecified atom stereocenters. The standard InChI is InChI=1S/C32H32N4O5/c33-31-28-17-16-27(36(28)35-23-34-31)29(37)18-30(40-20-25-12-6-2-7-13-25)32(38,41-21-26-14-8-3-9-15-26)22-39-19-24-10-4-1-5-11-24/h1-17,23,30,38H,18-22H2,(H2,33,34,35)/t30-,32-/m0/s1. The first-order valence-corrected chi connectivity index (χ1v) is 13.3. The van der Waals surface area contributed by atoms with Crippen molar-refractivity contribution in [3.8, 4) is 0 Å². The average Bonchev–Trinajstić information content (AvgIpc) is 3.45. The van der Waals surface area contributed by atoms with Gasteiger partial charge in [0.1, 0.15) is 30.2 Å². The van der Waals surface area contributed by atoms with E-state index in [1.54, 1.807) is 12.1 Å². The summed E-state index contributed by atoms with van der Waals surface area (Å²) >= 11 is 0. The highest BCUT2D eigenvalue weighted by Gasteiger charge is 2.41. The molecule has 0 saturated carbocycles. The van der Waals surface area contributed by atoms with Crippen molar-refractivity contribution in [2.24, 2.45) is 0 Å². The van der Waals surface area contributed by atoms with Gasteiger partial charge in [0.25, 0.3) is 0 Å². The van der Waals surface area contributed by atoms with E-state index in [2.05, 4.69) is 10.1 Å². The third-order valence-corrected chi connectivity index (χ3v) is 6.69. The zero-order valence-corrected chi connectivity index (χ0v) is 22.5. The van der Waals surface area contributed by atoms with Crippen LogP contribution in [0.4, 0.5) is 5.82 Å². The Balaban J connectivity index is 1.42. The molecule has 9 nitrogen and oxygen atoms in total. The van der Waals surface area contributed by atoms with Gasteiger partial charge in [-0.1, -0.05) is 91.0 Å². The van der Waals surface area contributed by atoms with Crippen LogP contribution in [0, 0.1) is 0 Å². The van der Waals surface area contributed by atoms with Gasteiger partial charge < -0.3 is 25.1 Å². The number of nitrogens with zero attached hydrogens (tertiary/aromatic N) is 3. The summed E-state index contributed by atoms with van der Waals surface area (Å²) < 4.78 is 19.8. The Morgan fingerprint density at radius 3 is 2.05 bits per heavy atom. The third-order valence-electron chi connectivity index (χ3n) is 6.69. The molecule has 3 aromatic carbocycles. The minimum absolute atomic E-state index is 0.0865. The number of carbonyl (C=O) groups excluding carboxylic acids is 1. The quantitative estimate of drug-likeness (QED) is 0.152. The lowest BCUT2D eigenvalue weighted by Crippen LogP contribution is -2.51. The molecule has 0 saturated heterocycles. The van der Waals surface area contributed by atoms with Gasteiger partial charge in [-0.3, -0.25) is 4.79 Å². The van der Waals surface area contributed by atoms with Crippen molar-refractivity contribution < 1.29 is 24.1 Å². The fraction of sp³-hybridized carbons (Fsp3) is 0.219. The number of hydrogen-bond donors (Lipinski definition) is 2. The van der Waals surface area contributed by atoms with Gasteiger partial charge in [-0.25, -0.2) is 9.50 Å². The number of aromatic nitrogens is 3. The molecule has 3 N–H and O–H groups in total. The molecule has 5 rings (SSSR count). The molecule has 5 aromatic rings. The summed E-state index contributed by atoms with van der Waals surface area (Å²) in [7, 11) is 0. The number of rotatable bonds is 14. The number of ketones is 1. The van der Waals surface area contributed by atoms with Crippen molar-refractivity contribution >= 4 is 17.1 Å². The number of hydrogen-bond acceptors (Lipinski definition) is 8. The van der Waals surface area contributed by atoms with Crippen molar-refractivity contribution in [3.63, 3.8) is 0 Å². The van der Waals surface area contributed by atoms with Gasteiger partial charge in [0.15, 0.2) is 11.6 Å². The molecular weight excluding hydrogens is 520 g/mol. The average molecular weight is 553 g/mol. The molecule has 0 radical (unpaired) electrons. The molecule has 0 aliphatic carbocycles. The number of benzene rings is 3. The molecule has 0 amide bonds. The van der Waals surface area contributed by atoms with E-state index in [1.165, 1.54) is 10.8 Å². The van der Waals surface area contributed by atoms with Crippen LogP contribution >= 0.6 is 0 Å². The normalized spacial score (nSPS) is 13.6. The van der Waals surface area contributed by atoms with E-state index in [9.17, 15) is 9.90 Å². The highest BCUT2D eigenvalue weighted by atomic mass is 16.7. The van der Waals surface area contributed by atoms with Gasteiger partial charge in [0.2, 0.25) is 5.79 Å². The summed E-state index contributed by atoms with van der Waals surface area (Å²) in [5.74, 6) is -2.02. The molecule has 2 heterocycles. The van der Waals surface area contributed by atoms with Crippen LogP contribution in [0.2, 0.25) is 0 Å². The summed E-state index contributed by atoms with van der Waals surface area (Å²) in [6, 6.07) is 31.9. The zero-order valence-electron chi connectivity index (χ0n) is 22.5. The number of ether oxygens (including phenoxy) is 3.